The number of aliphatic hydroxyl groups excluding tert-OH is 1. The summed E-state index contributed by atoms with van der Waals surface area (Å²) in [6.07, 6.45) is 0.692. The third-order valence-electron chi connectivity index (χ3n) is 2.96. The highest BCUT2D eigenvalue weighted by atomic mass is 35.5. The maximum absolute atomic E-state index is 11.4. The van der Waals surface area contributed by atoms with Crippen LogP contribution in [0.1, 0.15) is 17.5 Å². The number of anilines is 2. The molecule has 5 heteroatoms. The number of hydrogen-bond acceptors (Lipinski definition) is 3. The van der Waals surface area contributed by atoms with Gasteiger partial charge >= 0.3 is 0 Å². The van der Waals surface area contributed by atoms with Crippen molar-refractivity contribution in [2.45, 2.75) is 25.9 Å². The van der Waals surface area contributed by atoms with Crippen LogP contribution in [0.2, 0.25) is 0 Å². The van der Waals surface area contributed by atoms with E-state index in [0.717, 1.165) is 28.9 Å². The molecular weight excluding hydrogens is 252 g/mol. The molecule has 1 heterocycles. The molecule has 0 aromatic heterocycles. The molecule has 4 nitrogen and oxygen atoms in total. The van der Waals surface area contributed by atoms with Crippen LogP contribution < -0.4 is 10.6 Å². The fourth-order valence-corrected chi connectivity index (χ4v) is 2.19. The molecule has 0 saturated heterocycles. The molecule has 3 N–H and O–H groups in total. The summed E-state index contributed by atoms with van der Waals surface area (Å²) in [7, 11) is 0. The maximum Gasteiger partial charge on any atom is 0.224 e. The molecule has 0 fully saturated rings. The summed E-state index contributed by atoms with van der Waals surface area (Å²) < 4.78 is 0. The Morgan fingerprint density at radius 3 is 3.00 bits per heavy atom. The van der Waals surface area contributed by atoms with Crippen LogP contribution in [0.15, 0.2) is 12.1 Å². The van der Waals surface area contributed by atoms with E-state index in [2.05, 4.69) is 16.7 Å². The van der Waals surface area contributed by atoms with Gasteiger partial charge in [-0.3, -0.25) is 4.79 Å². The monoisotopic (exact) mass is 268 g/mol. The molecule has 2 rings (SSSR count). The van der Waals surface area contributed by atoms with E-state index >= 15 is 0 Å². The first-order valence-electron chi connectivity index (χ1n) is 6.01. The number of alkyl halides is 1. The van der Waals surface area contributed by atoms with E-state index < -0.39 is 6.10 Å². The largest absolute Gasteiger partial charge is 0.390 e. The zero-order valence-electron chi connectivity index (χ0n) is 10.3. The molecule has 0 aliphatic carbocycles. The number of aryl methyl sites for hydroxylation is 2. The predicted octanol–water partition coefficient (Wildman–Crippen LogP) is 1.89. The van der Waals surface area contributed by atoms with Crippen LogP contribution in [0.3, 0.4) is 0 Å². The zero-order chi connectivity index (χ0) is 13.1. The van der Waals surface area contributed by atoms with Crippen molar-refractivity contribution in [3.63, 3.8) is 0 Å². The predicted molar refractivity (Wildman–Crippen MR) is 73.3 cm³/mol. The van der Waals surface area contributed by atoms with E-state index in [1.54, 1.807) is 0 Å². The van der Waals surface area contributed by atoms with Crippen LogP contribution in [0.5, 0.6) is 0 Å². The highest BCUT2D eigenvalue weighted by Crippen LogP contribution is 2.32. The molecule has 0 bridgehead atoms. The summed E-state index contributed by atoms with van der Waals surface area (Å²) in [6, 6.07) is 4.04. The van der Waals surface area contributed by atoms with Crippen molar-refractivity contribution in [1.29, 1.82) is 0 Å². The molecule has 0 radical (unpaired) electrons. The van der Waals surface area contributed by atoms with Crippen molar-refractivity contribution < 1.29 is 9.90 Å². The minimum Gasteiger partial charge on any atom is -0.390 e. The molecule has 1 atom stereocenters. The Hall–Kier alpha value is -1.26. The number of aliphatic hydroxyl groups is 1. The molecule has 98 valence electrons. The SMILES string of the molecule is Cc1cc2c(c(NCC(O)CCl)c1)NC(=O)CC2. The first-order valence-corrected chi connectivity index (χ1v) is 6.55. The van der Waals surface area contributed by atoms with Crippen LogP contribution in [-0.4, -0.2) is 29.5 Å². The molecule has 0 spiro atoms. The first kappa shape index (κ1) is 13.2. The van der Waals surface area contributed by atoms with Gasteiger partial charge in [0.1, 0.15) is 0 Å². The van der Waals surface area contributed by atoms with Gasteiger partial charge in [0, 0.05) is 13.0 Å². The summed E-state index contributed by atoms with van der Waals surface area (Å²) in [6.45, 7) is 2.38. The smallest absolute Gasteiger partial charge is 0.224 e. The quantitative estimate of drug-likeness (QED) is 0.731. The van der Waals surface area contributed by atoms with E-state index in [-0.39, 0.29) is 11.8 Å². The van der Waals surface area contributed by atoms with Gasteiger partial charge in [0.15, 0.2) is 0 Å². The van der Waals surface area contributed by atoms with Crippen molar-refractivity contribution in [3.8, 4) is 0 Å². The van der Waals surface area contributed by atoms with E-state index in [1.807, 2.05) is 13.0 Å². The number of carbonyl (C=O) groups excluding carboxylic acids is 1. The Kier molecular flexibility index (Phi) is 4.09. The maximum atomic E-state index is 11.4. The number of amides is 1. The number of fused-ring (bicyclic) bond motifs is 1. The van der Waals surface area contributed by atoms with Crippen molar-refractivity contribution in [2.75, 3.05) is 23.1 Å². The van der Waals surface area contributed by atoms with Crippen LogP contribution in [0.4, 0.5) is 11.4 Å². The molecule has 1 unspecified atom stereocenters. The number of carbonyl (C=O) groups is 1. The van der Waals surface area contributed by atoms with Gasteiger partial charge in [0.05, 0.1) is 23.4 Å². The second-order valence-corrected chi connectivity index (χ2v) is 4.89. The Morgan fingerprint density at radius 1 is 1.50 bits per heavy atom. The topological polar surface area (TPSA) is 61.4 Å². The fourth-order valence-electron chi connectivity index (χ4n) is 2.08. The lowest BCUT2D eigenvalue weighted by molar-refractivity contribution is -0.116. The normalized spacial score (nSPS) is 15.8. The minimum atomic E-state index is -0.595. The van der Waals surface area contributed by atoms with Crippen LogP contribution >= 0.6 is 11.6 Å². The molecule has 1 aromatic carbocycles. The molecule has 1 amide bonds. The molecular formula is C13H17ClN2O2. The molecule has 18 heavy (non-hydrogen) atoms. The van der Waals surface area contributed by atoms with Crippen molar-refractivity contribution in [3.05, 3.63) is 23.3 Å². The second-order valence-electron chi connectivity index (χ2n) is 4.58. The summed E-state index contributed by atoms with van der Waals surface area (Å²) in [5, 5.41) is 15.5. The van der Waals surface area contributed by atoms with Crippen LogP contribution in [0.25, 0.3) is 0 Å². The van der Waals surface area contributed by atoms with Gasteiger partial charge in [-0.25, -0.2) is 0 Å². The van der Waals surface area contributed by atoms with Gasteiger partial charge in [-0.2, -0.15) is 0 Å². The van der Waals surface area contributed by atoms with Gasteiger partial charge in [0.25, 0.3) is 0 Å². The third kappa shape index (κ3) is 2.94. The zero-order valence-corrected chi connectivity index (χ0v) is 11.0. The number of halogens is 1. The number of rotatable bonds is 4. The van der Waals surface area contributed by atoms with E-state index in [0.29, 0.717) is 13.0 Å². The summed E-state index contributed by atoms with van der Waals surface area (Å²) in [4.78, 5) is 11.4. The van der Waals surface area contributed by atoms with Crippen molar-refractivity contribution in [1.82, 2.24) is 0 Å². The molecule has 1 aromatic rings. The first-order chi connectivity index (χ1) is 8.60. The van der Waals surface area contributed by atoms with E-state index in [4.69, 9.17) is 11.6 Å². The van der Waals surface area contributed by atoms with Crippen LogP contribution in [0, 0.1) is 6.92 Å². The Morgan fingerprint density at radius 2 is 2.28 bits per heavy atom. The number of hydrogen-bond donors (Lipinski definition) is 3. The third-order valence-corrected chi connectivity index (χ3v) is 3.31. The summed E-state index contributed by atoms with van der Waals surface area (Å²) in [5.74, 6) is 0.222. The standard InChI is InChI=1S/C13H17ClN2O2/c1-8-4-9-2-3-12(18)16-13(9)11(5-8)15-7-10(17)6-14/h4-5,10,15,17H,2-3,6-7H2,1H3,(H,16,18). The highest BCUT2D eigenvalue weighted by molar-refractivity contribution is 6.18. The highest BCUT2D eigenvalue weighted by Gasteiger charge is 2.18. The molecule has 1 aliphatic heterocycles. The van der Waals surface area contributed by atoms with Gasteiger partial charge in [-0.05, 0) is 30.5 Å². The summed E-state index contributed by atoms with van der Waals surface area (Å²) >= 11 is 5.56. The molecule has 0 saturated carbocycles. The Labute approximate surface area is 111 Å². The minimum absolute atomic E-state index is 0.0345. The average molecular weight is 269 g/mol. The van der Waals surface area contributed by atoms with E-state index in [9.17, 15) is 9.90 Å². The second kappa shape index (κ2) is 5.59. The summed E-state index contributed by atoms with van der Waals surface area (Å²) in [5.41, 5.74) is 3.95. The van der Waals surface area contributed by atoms with Gasteiger partial charge in [-0.15, -0.1) is 11.6 Å². The van der Waals surface area contributed by atoms with Gasteiger partial charge in [0.2, 0.25) is 5.91 Å². The van der Waals surface area contributed by atoms with E-state index in [1.165, 1.54) is 0 Å². The van der Waals surface area contributed by atoms with Crippen molar-refractivity contribution >= 4 is 28.9 Å². The Balaban J connectivity index is 2.23. The van der Waals surface area contributed by atoms with Crippen molar-refractivity contribution in [2.24, 2.45) is 0 Å². The Bertz CT molecular complexity index is 463. The van der Waals surface area contributed by atoms with Gasteiger partial charge in [-0.1, -0.05) is 6.07 Å². The lowest BCUT2D eigenvalue weighted by Crippen LogP contribution is -2.24. The van der Waals surface area contributed by atoms with Crippen LogP contribution in [-0.2, 0) is 11.2 Å². The molecule has 1 aliphatic rings. The van der Waals surface area contributed by atoms with Gasteiger partial charge < -0.3 is 15.7 Å². The fraction of sp³-hybridized carbons (Fsp3) is 0.462. The average Bonchev–Trinajstić information content (AvgIpc) is 2.36. The lowest BCUT2D eigenvalue weighted by Gasteiger charge is -2.22. The lowest BCUT2D eigenvalue weighted by atomic mass is 9.99. The number of benzene rings is 1. The number of nitrogens with one attached hydrogen (secondary N) is 2.